The first-order valence-electron chi connectivity index (χ1n) is 7.83. The normalized spacial score (nSPS) is 20.3. The Balaban J connectivity index is 2.31. The lowest BCUT2D eigenvalue weighted by Gasteiger charge is -2.36. The fourth-order valence-corrected chi connectivity index (χ4v) is 4.43. The molecule has 1 aliphatic heterocycles. The van der Waals surface area contributed by atoms with Gasteiger partial charge in [0.15, 0.2) is 0 Å². The Hall–Kier alpha value is -1.93. The van der Waals surface area contributed by atoms with Crippen LogP contribution >= 0.6 is 0 Å². The van der Waals surface area contributed by atoms with Gasteiger partial charge in [-0.25, -0.2) is 13.2 Å². The fraction of sp³-hybridized carbons (Fsp3) is 0.500. The van der Waals surface area contributed by atoms with Gasteiger partial charge < -0.3 is 10.0 Å². The van der Waals surface area contributed by atoms with Crippen molar-refractivity contribution in [2.24, 2.45) is 0 Å². The first kappa shape index (κ1) is 18.4. The van der Waals surface area contributed by atoms with Gasteiger partial charge in [-0.1, -0.05) is 24.6 Å². The van der Waals surface area contributed by atoms with Crippen LogP contribution in [0.25, 0.3) is 0 Å². The van der Waals surface area contributed by atoms with E-state index in [1.165, 1.54) is 30.4 Å². The molecule has 0 bridgehead atoms. The van der Waals surface area contributed by atoms with Crippen molar-refractivity contribution in [1.82, 2.24) is 9.21 Å². The minimum Gasteiger partial charge on any atom is -0.480 e. The molecule has 2 unspecified atom stereocenters. The predicted molar refractivity (Wildman–Crippen MR) is 87.8 cm³/mol. The molecule has 132 valence electrons. The molecule has 0 aliphatic carbocycles. The highest BCUT2D eigenvalue weighted by Gasteiger charge is 2.40. The van der Waals surface area contributed by atoms with Crippen molar-refractivity contribution in [3.8, 4) is 0 Å². The first-order valence-corrected chi connectivity index (χ1v) is 9.27. The van der Waals surface area contributed by atoms with E-state index in [2.05, 4.69) is 0 Å². The summed E-state index contributed by atoms with van der Waals surface area (Å²) >= 11 is 0. The van der Waals surface area contributed by atoms with Gasteiger partial charge in [0.2, 0.25) is 15.9 Å². The molecular formula is C16H22N2O5S. The molecule has 2 rings (SSSR count). The average molecular weight is 354 g/mol. The standard InChI is InChI=1S/C16H22N2O5S/c1-12(16(20)21)17(2)15(19)14-10-6-7-11-18(14)24(22,23)13-8-4-3-5-9-13/h3-5,8-9,12,14H,6-7,10-11H2,1-2H3,(H,20,21). The first-order chi connectivity index (χ1) is 11.3. The molecule has 2 atom stereocenters. The summed E-state index contributed by atoms with van der Waals surface area (Å²) in [5.74, 6) is -1.61. The van der Waals surface area contributed by atoms with Crippen LogP contribution in [0.3, 0.4) is 0 Å². The van der Waals surface area contributed by atoms with Crippen molar-refractivity contribution < 1.29 is 23.1 Å². The maximum atomic E-state index is 12.9. The summed E-state index contributed by atoms with van der Waals surface area (Å²) in [4.78, 5) is 25.0. The summed E-state index contributed by atoms with van der Waals surface area (Å²) < 4.78 is 26.9. The number of carbonyl (C=O) groups is 2. The molecular weight excluding hydrogens is 332 g/mol. The minimum absolute atomic E-state index is 0.138. The topological polar surface area (TPSA) is 95.0 Å². The maximum absolute atomic E-state index is 12.9. The maximum Gasteiger partial charge on any atom is 0.326 e. The number of benzene rings is 1. The van der Waals surface area contributed by atoms with Gasteiger partial charge in [-0.15, -0.1) is 0 Å². The number of likely N-dealkylation sites (N-methyl/N-ethyl adjacent to an activating group) is 1. The third-order valence-electron chi connectivity index (χ3n) is 4.37. The second-order valence-electron chi connectivity index (χ2n) is 5.90. The highest BCUT2D eigenvalue weighted by atomic mass is 32.2. The zero-order valence-corrected chi connectivity index (χ0v) is 14.6. The Morgan fingerprint density at radius 2 is 1.88 bits per heavy atom. The molecule has 1 saturated heterocycles. The summed E-state index contributed by atoms with van der Waals surface area (Å²) in [6.07, 6.45) is 1.79. The minimum atomic E-state index is -3.80. The number of hydrogen-bond acceptors (Lipinski definition) is 4. The van der Waals surface area contributed by atoms with Crippen molar-refractivity contribution in [1.29, 1.82) is 0 Å². The Morgan fingerprint density at radius 1 is 1.25 bits per heavy atom. The number of aliphatic carboxylic acids is 1. The number of nitrogens with zero attached hydrogens (tertiary/aromatic N) is 2. The number of carboxylic acid groups (broad SMARTS) is 1. The van der Waals surface area contributed by atoms with Gasteiger partial charge in [-0.3, -0.25) is 4.79 Å². The van der Waals surface area contributed by atoms with Crippen LogP contribution in [0.4, 0.5) is 0 Å². The highest BCUT2D eigenvalue weighted by Crippen LogP contribution is 2.26. The molecule has 1 N–H and O–H groups in total. The molecule has 24 heavy (non-hydrogen) atoms. The van der Waals surface area contributed by atoms with E-state index in [0.29, 0.717) is 12.8 Å². The lowest BCUT2D eigenvalue weighted by Crippen LogP contribution is -2.54. The van der Waals surface area contributed by atoms with Crippen molar-refractivity contribution in [3.05, 3.63) is 30.3 Å². The van der Waals surface area contributed by atoms with Crippen LogP contribution in [-0.4, -0.2) is 60.3 Å². The fourth-order valence-electron chi connectivity index (χ4n) is 2.76. The van der Waals surface area contributed by atoms with Crippen LogP contribution in [-0.2, 0) is 19.6 Å². The van der Waals surface area contributed by atoms with E-state index in [0.717, 1.165) is 11.3 Å². The van der Waals surface area contributed by atoms with Gasteiger partial charge in [0, 0.05) is 13.6 Å². The number of carbonyl (C=O) groups excluding carboxylic acids is 1. The van der Waals surface area contributed by atoms with E-state index in [1.54, 1.807) is 18.2 Å². The summed E-state index contributed by atoms with van der Waals surface area (Å²) in [6, 6.07) is 6.10. The molecule has 1 amide bonds. The van der Waals surface area contributed by atoms with Gasteiger partial charge in [0.05, 0.1) is 4.90 Å². The quantitative estimate of drug-likeness (QED) is 0.856. The van der Waals surface area contributed by atoms with Gasteiger partial charge in [0.25, 0.3) is 0 Å². The smallest absolute Gasteiger partial charge is 0.326 e. The van der Waals surface area contributed by atoms with Crippen LogP contribution in [0.15, 0.2) is 35.2 Å². The summed E-state index contributed by atoms with van der Waals surface area (Å²) in [7, 11) is -2.41. The number of amides is 1. The Labute approximate surface area is 141 Å². The molecule has 0 saturated carbocycles. The van der Waals surface area contributed by atoms with E-state index >= 15 is 0 Å². The third kappa shape index (κ3) is 3.59. The third-order valence-corrected chi connectivity index (χ3v) is 6.30. The molecule has 1 aliphatic rings. The van der Waals surface area contributed by atoms with Crippen LogP contribution in [0, 0.1) is 0 Å². The van der Waals surface area contributed by atoms with Gasteiger partial charge in [-0.05, 0) is 31.9 Å². The van der Waals surface area contributed by atoms with Gasteiger partial charge >= 0.3 is 5.97 Å². The van der Waals surface area contributed by atoms with Crippen molar-refractivity contribution in [3.63, 3.8) is 0 Å². The summed E-state index contributed by atoms with van der Waals surface area (Å²) in [6.45, 7) is 1.65. The lowest BCUT2D eigenvalue weighted by atomic mass is 10.0. The van der Waals surface area contributed by atoms with Crippen LogP contribution in [0.2, 0.25) is 0 Å². The highest BCUT2D eigenvalue weighted by molar-refractivity contribution is 7.89. The summed E-state index contributed by atoms with van der Waals surface area (Å²) in [5.41, 5.74) is 0. The number of rotatable bonds is 5. The predicted octanol–water partition coefficient (Wildman–Crippen LogP) is 1.16. The zero-order valence-electron chi connectivity index (χ0n) is 13.8. The van der Waals surface area contributed by atoms with E-state index in [-0.39, 0.29) is 11.4 Å². The Kier molecular flexibility index (Phi) is 5.61. The zero-order chi connectivity index (χ0) is 17.9. The Bertz CT molecular complexity index is 704. The molecule has 1 fully saturated rings. The second kappa shape index (κ2) is 7.31. The number of sulfonamides is 1. The van der Waals surface area contributed by atoms with E-state index in [4.69, 9.17) is 5.11 Å². The number of piperidine rings is 1. The van der Waals surface area contributed by atoms with Gasteiger partial charge in [0.1, 0.15) is 12.1 Å². The molecule has 1 aromatic carbocycles. The monoisotopic (exact) mass is 354 g/mol. The average Bonchev–Trinajstić information content (AvgIpc) is 2.60. The molecule has 0 aromatic heterocycles. The largest absolute Gasteiger partial charge is 0.480 e. The van der Waals surface area contributed by atoms with E-state index in [1.807, 2.05) is 0 Å². The van der Waals surface area contributed by atoms with Crippen molar-refractivity contribution in [2.45, 2.75) is 43.2 Å². The number of hydrogen-bond donors (Lipinski definition) is 1. The second-order valence-corrected chi connectivity index (χ2v) is 7.79. The van der Waals surface area contributed by atoms with E-state index < -0.39 is 34.0 Å². The summed E-state index contributed by atoms with van der Waals surface area (Å²) in [5, 5.41) is 9.08. The lowest BCUT2D eigenvalue weighted by molar-refractivity contribution is -0.150. The van der Waals surface area contributed by atoms with Crippen LogP contribution in [0.1, 0.15) is 26.2 Å². The Morgan fingerprint density at radius 3 is 2.46 bits per heavy atom. The van der Waals surface area contributed by atoms with Gasteiger partial charge in [-0.2, -0.15) is 4.31 Å². The molecule has 8 heteroatoms. The molecule has 1 aromatic rings. The van der Waals surface area contributed by atoms with Crippen molar-refractivity contribution >= 4 is 21.9 Å². The van der Waals surface area contributed by atoms with Crippen LogP contribution in [0.5, 0.6) is 0 Å². The molecule has 1 heterocycles. The molecule has 7 nitrogen and oxygen atoms in total. The van der Waals surface area contributed by atoms with Crippen molar-refractivity contribution in [2.75, 3.05) is 13.6 Å². The SMILES string of the molecule is CC(C(=O)O)N(C)C(=O)C1CCCCN1S(=O)(=O)c1ccccc1. The van der Waals surface area contributed by atoms with E-state index in [9.17, 15) is 18.0 Å². The van der Waals surface area contributed by atoms with Crippen LogP contribution < -0.4 is 0 Å². The number of carboxylic acids is 1. The molecule has 0 radical (unpaired) electrons. The molecule has 0 spiro atoms.